The molecule has 3 saturated carbocycles. The third-order valence-electron chi connectivity index (χ3n) is 8.55. The van der Waals surface area contributed by atoms with E-state index in [0.29, 0.717) is 12.0 Å². The normalized spacial score (nSPS) is 62.4. The highest BCUT2D eigenvalue weighted by Gasteiger charge is 2.75. The van der Waals surface area contributed by atoms with Crippen molar-refractivity contribution in [3.05, 3.63) is 11.1 Å². The molecule has 3 heteroatoms. The van der Waals surface area contributed by atoms with Crippen LogP contribution in [0.15, 0.2) is 11.1 Å². The van der Waals surface area contributed by atoms with E-state index in [1.165, 1.54) is 19.3 Å². The van der Waals surface area contributed by atoms with E-state index in [2.05, 4.69) is 19.9 Å². The maximum atomic E-state index is 10.2. The zero-order valence-electron chi connectivity index (χ0n) is 13.6. The molecule has 0 aromatic heterocycles. The molecular formula is C19H27ClO2. The molecule has 22 heavy (non-hydrogen) atoms. The Balaban J connectivity index is 1.52. The summed E-state index contributed by atoms with van der Waals surface area (Å²) in [6, 6.07) is 0. The number of epoxide rings is 1. The number of allylic oxidation sites excluding steroid dienone is 2. The van der Waals surface area contributed by atoms with Gasteiger partial charge in [-0.25, -0.2) is 0 Å². The quantitative estimate of drug-likeness (QED) is 0.676. The molecule has 0 amide bonds. The molecule has 5 aliphatic rings. The molecule has 1 saturated heterocycles. The van der Waals surface area contributed by atoms with E-state index < -0.39 is 0 Å². The molecule has 1 spiro atoms. The fraction of sp³-hybridized carbons (Fsp3) is 0.895. The number of aliphatic hydroxyl groups excluding tert-OH is 1. The van der Waals surface area contributed by atoms with Gasteiger partial charge in [0.25, 0.3) is 0 Å². The van der Waals surface area contributed by atoms with Gasteiger partial charge in [-0.2, -0.15) is 0 Å². The summed E-state index contributed by atoms with van der Waals surface area (Å²) in [6.45, 7) is 4.87. The minimum atomic E-state index is -0.147. The number of halogens is 1. The van der Waals surface area contributed by atoms with E-state index in [1.807, 2.05) is 0 Å². The van der Waals surface area contributed by atoms with Crippen LogP contribution in [0.25, 0.3) is 0 Å². The smallest absolute Gasteiger partial charge is 0.103 e. The second-order valence-corrected chi connectivity index (χ2v) is 9.57. The molecule has 122 valence electrons. The number of aliphatic hydroxyl groups is 1. The lowest BCUT2D eigenvalue weighted by Gasteiger charge is -2.58. The minimum Gasteiger partial charge on any atom is -0.393 e. The van der Waals surface area contributed by atoms with E-state index in [0.717, 1.165) is 42.6 Å². The Morgan fingerprint density at radius 2 is 2.05 bits per heavy atom. The summed E-state index contributed by atoms with van der Waals surface area (Å²) in [5.74, 6) is 2.23. The summed E-state index contributed by atoms with van der Waals surface area (Å²) in [6.07, 6.45) is 10.4. The molecule has 0 aromatic carbocycles. The van der Waals surface area contributed by atoms with Crippen molar-refractivity contribution < 1.29 is 9.84 Å². The van der Waals surface area contributed by atoms with Gasteiger partial charge in [-0.05, 0) is 56.3 Å². The summed E-state index contributed by atoms with van der Waals surface area (Å²) in [7, 11) is 0. The van der Waals surface area contributed by atoms with Crippen LogP contribution in [0.4, 0.5) is 0 Å². The first-order chi connectivity index (χ1) is 10.4. The predicted molar refractivity (Wildman–Crippen MR) is 86.5 cm³/mol. The van der Waals surface area contributed by atoms with Crippen molar-refractivity contribution in [2.24, 2.45) is 28.6 Å². The van der Waals surface area contributed by atoms with Crippen LogP contribution in [-0.2, 0) is 4.74 Å². The maximum Gasteiger partial charge on any atom is 0.103 e. The molecular weight excluding hydrogens is 296 g/mol. The number of fused-ring (bicyclic) bond motifs is 4. The van der Waals surface area contributed by atoms with Gasteiger partial charge in [0.2, 0.25) is 0 Å². The first kappa shape index (κ1) is 14.3. The van der Waals surface area contributed by atoms with Crippen molar-refractivity contribution in [3.8, 4) is 0 Å². The summed E-state index contributed by atoms with van der Waals surface area (Å²) in [4.78, 5) is 0. The largest absolute Gasteiger partial charge is 0.393 e. The molecule has 0 bridgehead atoms. The molecule has 0 radical (unpaired) electrons. The first-order valence-electron chi connectivity index (χ1n) is 9.13. The van der Waals surface area contributed by atoms with Crippen LogP contribution in [0.2, 0.25) is 0 Å². The van der Waals surface area contributed by atoms with Gasteiger partial charge >= 0.3 is 0 Å². The summed E-state index contributed by atoms with van der Waals surface area (Å²) in [5, 5.41) is 11.3. The average Bonchev–Trinajstić information content (AvgIpc) is 3.08. The van der Waals surface area contributed by atoms with E-state index in [1.54, 1.807) is 0 Å². The van der Waals surface area contributed by atoms with Gasteiger partial charge in [0.1, 0.15) is 5.60 Å². The number of rotatable bonds is 0. The van der Waals surface area contributed by atoms with Crippen molar-refractivity contribution in [3.63, 3.8) is 0 Å². The SMILES string of the molecule is C[C@]12CC[C@H]3[C@@H](C[C@H]4O[C@]45C[C@@H](O)CC[C@]35C)[C@@H]1CC=C2Cl. The van der Waals surface area contributed by atoms with Gasteiger partial charge < -0.3 is 9.84 Å². The van der Waals surface area contributed by atoms with Crippen molar-refractivity contribution in [1.82, 2.24) is 0 Å². The van der Waals surface area contributed by atoms with Crippen LogP contribution in [-0.4, -0.2) is 22.9 Å². The molecule has 1 N–H and O–H groups in total. The molecule has 4 aliphatic carbocycles. The van der Waals surface area contributed by atoms with Crippen molar-refractivity contribution >= 4 is 11.6 Å². The Labute approximate surface area is 138 Å². The highest BCUT2D eigenvalue weighted by molar-refractivity contribution is 6.30. The van der Waals surface area contributed by atoms with Crippen LogP contribution in [0, 0.1) is 28.6 Å². The molecule has 1 aliphatic heterocycles. The van der Waals surface area contributed by atoms with E-state index >= 15 is 0 Å². The Morgan fingerprint density at radius 1 is 1.23 bits per heavy atom. The third kappa shape index (κ3) is 1.46. The predicted octanol–water partition coefficient (Wildman–Crippen LogP) is 4.25. The van der Waals surface area contributed by atoms with Gasteiger partial charge in [-0.1, -0.05) is 31.5 Å². The standard InChI is InChI=1S/C19H27ClO2/c1-17-7-6-14-12(13(17)3-4-15(17)20)9-16-19(22-16)10-11(21)5-8-18(14,19)2/h4,11-14,16,21H,3,5-10H2,1-2H3/t11-,12-,13-,14-,16+,17-,18+,19+/m0/s1. The van der Waals surface area contributed by atoms with Crippen molar-refractivity contribution in [2.45, 2.75) is 76.6 Å². The first-order valence-corrected chi connectivity index (χ1v) is 9.50. The Hall–Kier alpha value is -0.0500. The molecule has 8 atom stereocenters. The summed E-state index contributed by atoms with van der Waals surface area (Å²) in [5.41, 5.74) is 0.508. The van der Waals surface area contributed by atoms with E-state index in [-0.39, 0.29) is 22.5 Å². The summed E-state index contributed by atoms with van der Waals surface area (Å²) < 4.78 is 6.33. The van der Waals surface area contributed by atoms with Gasteiger partial charge in [0, 0.05) is 22.3 Å². The molecule has 0 aromatic rings. The van der Waals surface area contributed by atoms with Gasteiger partial charge in [0.05, 0.1) is 12.2 Å². The Morgan fingerprint density at radius 3 is 2.86 bits per heavy atom. The lowest BCUT2D eigenvalue weighted by Crippen LogP contribution is -2.58. The van der Waals surface area contributed by atoms with Crippen LogP contribution < -0.4 is 0 Å². The molecule has 4 fully saturated rings. The third-order valence-corrected chi connectivity index (χ3v) is 9.13. The van der Waals surface area contributed by atoms with Gasteiger partial charge in [0.15, 0.2) is 0 Å². The summed E-state index contributed by atoms with van der Waals surface area (Å²) >= 11 is 6.59. The maximum absolute atomic E-state index is 10.2. The Bertz CT molecular complexity index is 560. The fourth-order valence-electron chi connectivity index (χ4n) is 7.17. The van der Waals surface area contributed by atoms with Crippen LogP contribution >= 0.6 is 11.6 Å². The van der Waals surface area contributed by atoms with E-state index in [4.69, 9.17) is 16.3 Å². The molecule has 0 unspecified atom stereocenters. The average molecular weight is 323 g/mol. The minimum absolute atomic E-state index is 0.00933. The lowest BCUT2D eigenvalue weighted by atomic mass is 9.45. The van der Waals surface area contributed by atoms with Crippen molar-refractivity contribution in [1.29, 1.82) is 0 Å². The monoisotopic (exact) mass is 322 g/mol. The van der Waals surface area contributed by atoms with E-state index in [9.17, 15) is 5.11 Å². The second-order valence-electron chi connectivity index (χ2n) is 9.17. The highest BCUT2D eigenvalue weighted by atomic mass is 35.5. The number of hydrogen-bond donors (Lipinski definition) is 1. The fourth-order valence-corrected chi connectivity index (χ4v) is 7.50. The zero-order chi connectivity index (χ0) is 15.3. The van der Waals surface area contributed by atoms with Gasteiger partial charge in [-0.15, -0.1) is 0 Å². The van der Waals surface area contributed by atoms with Crippen LogP contribution in [0.1, 0.15) is 58.8 Å². The molecule has 2 nitrogen and oxygen atoms in total. The Kier molecular flexibility index (Phi) is 2.68. The van der Waals surface area contributed by atoms with Crippen LogP contribution in [0.3, 0.4) is 0 Å². The van der Waals surface area contributed by atoms with Crippen LogP contribution in [0.5, 0.6) is 0 Å². The highest BCUT2D eigenvalue weighted by Crippen LogP contribution is 2.73. The van der Waals surface area contributed by atoms with Crippen molar-refractivity contribution in [2.75, 3.05) is 0 Å². The second kappa shape index (κ2) is 4.13. The molecule has 1 heterocycles. The topological polar surface area (TPSA) is 32.8 Å². The van der Waals surface area contributed by atoms with Gasteiger partial charge in [-0.3, -0.25) is 0 Å². The zero-order valence-corrected chi connectivity index (χ0v) is 14.4. The molecule has 5 rings (SSSR count). The number of hydrogen-bond acceptors (Lipinski definition) is 2. The lowest BCUT2D eigenvalue weighted by molar-refractivity contribution is -0.104. The number of ether oxygens (including phenoxy) is 1.